The van der Waals surface area contributed by atoms with Crippen molar-refractivity contribution in [3.05, 3.63) is 29.8 Å². The van der Waals surface area contributed by atoms with Gasteiger partial charge in [-0.15, -0.1) is 0 Å². The van der Waals surface area contributed by atoms with Gasteiger partial charge in [0.1, 0.15) is 5.75 Å². The number of nitrogens with two attached hydrogens (primary N) is 1. The fraction of sp³-hybridized carbons (Fsp3) is 0.600. The molecule has 1 aromatic carbocycles. The monoisotopic (exact) mass is 235 g/mol. The molecule has 0 radical (unpaired) electrons. The van der Waals surface area contributed by atoms with Crippen molar-refractivity contribution in [1.29, 1.82) is 0 Å². The van der Waals surface area contributed by atoms with Crippen molar-refractivity contribution in [3.63, 3.8) is 0 Å². The lowest BCUT2D eigenvalue weighted by Crippen LogP contribution is -2.13. The fourth-order valence-electron chi connectivity index (χ4n) is 1.80. The van der Waals surface area contributed by atoms with E-state index in [1.54, 1.807) is 0 Å². The molecule has 0 fully saturated rings. The molecule has 0 saturated heterocycles. The second kappa shape index (κ2) is 7.33. The molecule has 96 valence electrons. The smallest absolute Gasteiger partial charge is 0.124 e. The van der Waals surface area contributed by atoms with E-state index >= 15 is 0 Å². The molecule has 0 aromatic heterocycles. The van der Waals surface area contributed by atoms with Crippen LogP contribution in [0.2, 0.25) is 0 Å². The SMILES string of the molecule is CCCOc1ccccc1C(N)CCC(C)C. The summed E-state index contributed by atoms with van der Waals surface area (Å²) in [6.45, 7) is 7.33. The molecule has 1 unspecified atom stereocenters. The Morgan fingerprint density at radius 3 is 2.53 bits per heavy atom. The highest BCUT2D eigenvalue weighted by Crippen LogP contribution is 2.27. The van der Waals surface area contributed by atoms with Crippen LogP contribution in [0.4, 0.5) is 0 Å². The molecule has 0 aliphatic rings. The molecule has 1 atom stereocenters. The third-order valence-electron chi connectivity index (χ3n) is 2.84. The first-order valence-electron chi connectivity index (χ1n) is 6.62. The van der Waals surface area contributed by atoms with Crippen LogP contribution in [0.5, 0.6) is 5.75 Å². The normalized spacial score (nSPS) is 12.8. The van der Waals surface area contributed by atoms with Crippen molar-refractivity contribution in [1.82, 2.24) is 0 Å². The Morgan fingerprint density at radius 1 is 1.18 bits per heavy atom. The Hall–Kier alpha value is -1.02. The van der Waals surface area contributed by atoms with Gasteiger partial charge < -0.3 is 10.5 Å². The summed E-state index contributed by atoms with van der Waals surface area (Å²) in [6, 6.07) is 8.22. The third kappa shape index (κ3) is 4.78. The Kier molecular flexibility index (Phi) is 6.06. The lowest BCUT2D eigenvalue weighted by atomic mass is 9.98. The van der Waals surface area contributed by atoms with Crippen molar-refractivity contribution in [2.45, 2.75) is 46.1 Å². The first-order valence-corrected chi connectivity index (χ1v) is 6.62. The average molecular weight is 235 g/mol. The molecule has 1 aromatic rings. The quantitative estimate of drug-likeness (QED) is 0.777. The Bertz CT molecular complexity index is 322. The van der Waals surface area contributed by atoms with Crippen molar-refractivity contribution < 1.29 is 4.74 Å². The second-order valence-electron chi connectivity index (χ2n) is 4.96. The summed E-state index contributed by atoms with van der Waals surface area (Å²) in [5.41, 5.74) is 7.38. The van der Waals surface area contributed by atoms with Gasteiger partial charge in [0.15, 0.2) is 0 Å². The molecule has 1 rings (SSSR count). The topological polar surface area (TPSA) is 35.2 Å². The summed E-state index contributed by atoms with van der Waals surface area (Å²) >= 11 is 0. The van der Waals surface area contributed by atoms with E-state index in [1.165, 1.54) is 0 Å². The van der Waals surface area contributed by atoms with Crippen LogP contribution >= 0.6 is 0 Å². The predicted molar refractivity (Wildman–Crippen MR) is 73.2 cm³/mol. The van der Waals surface area contributed by atoms with Crippen LogP contribution in [-0.4, -0.2) is 6.61 Å². The van der Waals surface area contributed by atoms with Gasteiger partial charge in [-0.05, 0) is 31.2 Å². The number of rotatable bonds is 7. The van der Waals surface area contributed by atoms with E-state index in [-0.39, 0.29) is 6.04 Å². The van der Waals surface area contributed by atoms with Gasteiger partial charge in [0.05, 0.1) is 6.61 Å². The van der Waals surface area contributed by atoms with Crippen LogP contribution < -0.4 is 10.5 Å². The molecule has 0 heterocycles. The first kappa shape index (κ1) is 14.0. The number of hydrogen-bond donors (Lipinski definition) is 1. The minimum Gasteiger partial charge on any atom is -0.493 e. The Balaban J connectivity index is 2.67. The van der Waals surface area contributed by atoms with Gasteiger partial charge >= 0.3 is 0 Å². The van der Waals surface area contributed by atoms with E-state index in [2.05, 4.69) is 26.8 Å². The molecule has 2 N–H and O–H groups in total. The van der Waals surface area contributed by atoms with E-state index < -0.39 is 0 Å². The molecule has 0 bridgehead atoms. The molecule has 0 aliphatic carbocycles. The molecule has 17 heavy (non-hydrogen) atoms. The largest absolute Gasteiger partial charge is 0.493 e. The van der Waals surface area contributed by atoms with Crippen LogP contribution in [0.1, 0.15) is 51.6 Å². The van der Waals surface area contributed by atoms with Crippen molar-refractivity contribution in [3.8, 4) is 5.75 Å². The highest BCUT2D eigenvalue weighted by atomic mass is 16.5. The van der Waals surface area contributed by atoms with Gasteiger partial charge in [-0.25, -0.2) is 0 Å². The molecule has 0 amide bonds. The standard InChI is InChI=1S/C15H25NO/c1-4-11-17-15-8-6-5-7-13(15)14(16)10-9-12(2)3/h5-8,12,14H,4,9-11,16H2,1-3H3. The van der Waals surface area contributed by atoms with Gasteiger partial charge in [-0.1, -0.05) is 39.0 Å². The van der Waals surface area contributed by atoms with Crippen molar-refractivity contribution in [2.75, 3.05) is 6.61 Å². The summed E-state index contributed by atoms with van der Waals surface area (Å²) in [5.74, 6) is 1.65. The lowest BCUT2D eigenvalue weighted by Gasteiger charge is -2.17. The molecule has 2 nitrogen and oxygen atoms in total. The zero-order valence-electron chi connectivity index (χ0n) is 11.3. The van der Waals surface area contributed by atoms with Crippen LogP contribution in [0, 0.1) is 5.92 Å². The van der Waals surface area contributed by atoms with E-state index in [9.17, 15) is 0 Å². The number of para-hydroxylation sites is 1. The number of hydrogen-bond acceptors (Lipinski definition) is 2. The zero-order valence-corrected chi connectivity index (χ0v) is 11.3. The van der Waals surface area contributed by atoms with Crippen LogP contribution in [-0.2, 0) is 0 Å². The number of benzene rings is 1. The Labute approximate surface area is 105 Å². The highest BCUT2D eigenvalue weighted by Gasteiger charge is 2.12. The summed E-state index contributed by atoms with van der Waals surface area (Å²) in [7, 11) is 0. The fourth-order valence-corrected chi connectivity index (χ4v) is 1.80. The maximum Gasteiger partial charge on any atom is 0.124 e. The summed E-state index contributed by atoms with van der Waals surface area (Å²) in [4.78, 5) is 0. The molecular weight excluding hydrogens is 210 g/mol. The zero-order chi connectivity index (χ0) is 12.7. The van der Waals surface area contributed by atoms with Gasteiger partial charge in [0.25, 0.3) is 0 Å². The minimum absolute atomic E-state index is 0.0884. The van der Waals surface area contributed by atoms with Gasteiger partial charge in [-0.3, -0.25) is 0 Å². The third-order valence-corrected chi connectivity index (χ3v) is 2.84. The predicted octanol–water partition coefficient (Wildman–Crippen LogP) is 3.91. The molecule has 0 spiro atoms. The van der Waals surface area contributed by atoms with E-state index in [4.69, 9.17) is 10.5 Å². The Morgan fingerprint density at radius 2 is 1.88 bits per heavy atom. The minimum atomic E-state index is 0.0884. The van der Waals surface area contributed by atoms with Crippen molar-refractivity contribution >= 4 is 0 Å². The molecule has 0 aliphatic heterocycles. The first-order chi connectivity index (χ1) is 8.15. The van der Waals surface area contributed by atoms with Crippen LogP contribution in [0.3, 0.4) is 0 Å². The van der Waals surface area contributed by atoms with E-state index in [1.807, 2.05) is 18.2 Å². The maximum atomic E-state index is 6.24. The average Bonchev–Trinajstić information content (AvgIpc) is 2.33. The summed E-state index contributed by atoms with van der Waals surface area (Å²) in [6.07, 6.45) is 3.20. The summed E-state index contributed by atoms with van der Waals surface area (Å²) in [5, 5.41) is 0. The van der Waals surface area contributed by atoms with E-state index in [0.717, 1.165) is 37.2 Å². The van der Waals surface area contributed by atoms with E-state index in [0.29, 0.717) is 5.92 Å². The second-order valence-corrected chi connectivity index (χ2v) is 4.96. The van der Waals surface area contributed by atoms with Gasteiger partial charge in [0.2, 0.25) is 0 Å². The van der Waals surface area contributed by atoms with Crippen LogP contribution in [0.25, 0.3) is 0 Å². The van der Waals surface area contributed by atoms with Gasteiger partial charge in [0, 0.05) is 11.6 Å². The van der Waals surface area contributed by atoms with Crippen molar-refractivity contribution in [2.24, 2.45) is 11.7 Å². The molecular formula is C15H25NO. The molecule has 2 heteroatoms. The van der Waals surface area contributed by atoms with Crippen LogP contribution in [0.15, 0.2) is 24.3 Å². The van der Waals surface area contributed by atoms with Gasteiger partial charge in [-0.2, -0.15) is 0 Å². The number of ether oxygens (including phenoxy) is 1. The molecule has 0 saturated carbocycles. The summed E-state index contributed by atoms with van der Waals surface area (Å²) < 4.78 is 5.73. The highest BCUT2D eigenvalue weighted by molar-refractivity contribution is 5.35. The maximum absolute atomic E-state index is 6.24. The lowest BCUT2D eigenvalue weighted by molar-refractivity contribution is 0.311.